The number of ether oxygens (including phenoxy) is 1. The van der Waals surface area contributed by atoms with Crippen LogP contribution in [0.3, 0.4) is 0 Å². The van der Waals surface area contributed by atoms with Crippen molar-refractivity contribution in [1.82, 2.24) is 10.6 Å². The molecule has 1 fully saturated rings. The summed E-state index contributed by atoms with van der Waals surface area (Å²) in [4.78, 5) is 12.3. The predicted molar refractivity (Wildman–Crippen MR) is 108 cm³/mol. The quantitative estimate of drug-likeness (QED) is 0.643. The fourth-order valence-corrected chi connectivity index (χ4v) is 3.71. The van der Waals surface area contributed by atoms with E-state index in [9.17, 15) is 13.6 Å². The molecule has 2 aliphatic rings. The first-order valence-corrected chi connectivity index (χ1v) is 10.2. The smallest absolute Gasteiger partial charge is 0.319 e. The van der Waals surface area contributed by atoms with Crippen LogP contribution in [-0.4, -0.2) is 18.2 Å². The van der Waals surface area contributed by atoms with Crippen molar-refractivity contribution in [3.63, 3.8) is 0 Å². The van der Waals surface area contributed by atoms with Crippen LogP contribution in [0.25, 0.3) is 0 Å². The van der Waals surface area contributed by atoms with Crippen LogP contribution in [0.5, 0.6) is 0 Å². The van der Waals surface area contributed by atoms with Gasteiger partial charge in [-0.25, -0.2) is 13.6 Å². The lowest BCUT2D eigenvalue weighted by Gasteiger charge is -2.29. The first-order valence-electron chi connectivity index (χ1n) is 9.38. The second-order valence-corrected chi connectivity index (χ2v) is 7.74. The first-order chi connectivity index (χ1) is 13.5. The second kappa shape index (κ2) is 9.98. The number of allylic oxidation sites excluding steroid dienone is 5. The van der Waals surface area contributed by atoms with Gasteiger partial charge in [0.15, 0.2) is 0 Å². The monoisotopic (exact) mass is 452 g/mol. The van der Waals surface area contributed by atoms with Crippen LogP contribution in [0, 0.1) is 11.6 Å². The van der Waals surface area contributed by atoms with Crippen molar-refractivity contribution in [1.29, 1.82) is 0 Å². The van der Waals surface area contributed by atoms with E-state index in [0.29, 0.717) is 0 Å². The number of rotatable bonds is 5. The molecule has 1 aromatic carbocycles. The van der Waals surface area contributed by atoms with Gasteiger partial charge in [0, 0.05) is 16.1 Å². The Balaban J connectivity index is 1.43. The largest absolute Gasteiger partial charge is 0.373 e. The number of halogens is 3. The van der Waals surface area contributed by atoms with Crippen molar-refractivity contribution < 1.29 is 18.3 Å². The van der Waals surface area contributed by atoms with Gasteiger partial charge in [-0.05, 0) is 72.3 Å². The van der Waals surface area contributed by atoms with E-state index in [1.807, 2.05) is 24.3 Å². The average molecular weight is 453 g/mol. The lowest BCUT2D eigenvalue weighted by atomic mass is 9.93. The Morgan fingerprint density at radius 3 is 2.50 bits per heavy atom. The highest BCUT2D eigenvalue weighted by Gasteiger charge is 2.24. The SMILES string of the molecule is O=C(NC1=C(Br)C=CCC=C1)NC1CCC(OCc2c(F)cccc2F)CC1. The van der Waals surface area contributed by atoms with E-state index in [2.05, 4.69) is 26.6 Å². The Morgan fingerprint density at radius 2 is 1.79 bits per heavy atom. The van der Waals surface area contributed by atoms with Gasteiger partial charge in [0.05, 0.1) is 18.4 Å². The fourth-order valence-electron chi connectivity index (χ4n) is 3.30. The Kier molecular flexibility index (Phi) is 7.39. The molecule has 2 aliphatic carbocycles. The minimum atomic E-state index is -0.588. The van der Waals surface area contributed by atoms with Crippen LogP contribution >= 0.6 is 15.9 Å². The Hall–Kier alpha value is -1.99. The van der Waals surface area contributed by atoms with Crippen LogP contribution in [-0.2, 0) is 11.3 Å². The third kappa shape index (κ3) is 5.75. The zero-order valence-electron chi connectivity index (χ0n) is 15.4. The summed E-state index contributed by atoms with van der Waals surface area (Å²) >= 11 is 3.44. The van der Waals surface area contributed by atoms with E-state index in [4.69, 9.17) is 4.74 Å². The fraction of sp³-hybridized carbons (Fsp3) is 0.381. The number of carbonyl (C=O) groups is 1. The van der Waals surface area contributed by atoms with Crippen LogP contribution < -0.4 is 10.6 Å². The summed E-state index contributed by atoms with van der Waals surface area (Å²) in [6.07, 6.45) is 11.5. The third-order valence-electron chi connectivity index (χ3n) is 4.86. The molecule has 0 unspecified atom stereocenters. The Labute approximate surface area is 171 Å². The third-order valence-corrected chi connectivity index (χ3v) is 5.55. The average Bonchev–Trinajstić information content (AvgIpc) is 2.87. The lowest BCUT2D eigenvalue weighted by molar-refractivity contribution is 0.00955. The summed E-state index contributed by atoms with van der Waals surface area (Å²) in [7, 11) is 0. The van der Waals surface area contributed by atoms with Gasteiger partial charge in [-0.2, -0.15) is 0 Å². The molecule has 4 nitrogen and oxygen atoms in total. The van der Waals surface area contributed by atoms with E-state index < -0.39 is 11.6 Å². The molecule has 7 heteroatoms. The summed E-state index contributed by atoms with van der Waals surface area (Å²) in [6, 6.07) is 3.60. The molecule has 0 atom stereocenters. The van der Waals surface area contributed by atoms with Gasteiger partial charge < -0.3 is 15.4 Å². The highest BCUT2D eigenvalue weighted by Crippen LogP contribution is 2.24. The molecule has 2 N–H and O–H groups in total. The van der Waals surface area contributed by atoms with Crippen molar-refractivity contribution in [2.24, 2.45) is 0 Å². The Bertz CT molecular complexity index is 779. The van der Waals surface area contributed by atoms with Gasteiger partial charge in [-0.15, -0.1) is 0 Å². The first kappa shape index (κ1) is 20.7. The number of hydrogen-bond acceptors (Lipinski definition) is 2. The van der Waals surface area contributed by atoms with Crippen LogP contribution in [0.4, 0.5) is 13.6 Å². The molecule has 2 amide bonds. The van der Waals surface area contributed by atoms with E-state index >= 15 is 0 Å². The minimum absolute atomic E-state index is 0.0357. The zero-order chi connectivity index (χ0) is 19.9. The van der Waals surface area contributed by atoms with Crippen LogP contribution in [0.2, 0.25) is 0 Å². The summed E-state index contributed by atoms with van der Waals surface area (Å²) in [5.41, 5.74) is 0.682. The Morgan fingerprint density at radius 1 is 1.11 bits per heavy atom. The molecular formula is C21H23BrF2N2O2. The normalized spacial score (nSPS) is 22.1. The number of carbonyl (C=O) groups excluding carboxylic acids is 1. The molecule has 0 spiro atoms. The number of nitrogens with one attached hydrogen (secondary N) is 2. The summed E-state index contributed by atoms with van der Waals surface area (Å²) in [5, 5.41) is 5.84. The predicted octanol–water partition coefficient (Wildman–Crippen LogP) is 5.21. The van der Waals surface area contributed by atoms with Crippen molar-refractivity contribution in [3.05, 3.63) is 69.9 Å². The highest BCUT2D eigenvalue weighted by atomic mass is 79.9. The summed E-state index contributed by atoms with van der Waals surface area (Å²) in [5.74, 6) is -1.18. The van der Waals surface area contributed by atoms with Gasteiger partial charge in [0.2, 0.25) is 0 Å². The number of benzene rings is 1. The van der Waals surface area contributed by atoms with Gasteiger partial charge >= 0.3 is 6.03 Å². The van der Waals surface area contributed by atoms with Crippen LogP contribution in [0.15, 0.2) is 52.7 Å². The van der Waals surface area contributed by atoms with Crippen LogP contribution in [0.1, 0.15) is 37.7 Å². The molecule has 1 aromatic rings. The van der Waals surface area contributed by atoms with Gasteiger partial charge in [-0.3, -0.25) is 0 Å². The molecule has 28 heavy (non-hydrogen) atoms. The second-order valence-electron chi connectivity index (χ2n) is 6.89. The van der Waals surface area contributed by atoms with E-state index in [1.165, 1.54) is 18.2 Å². The molecular weight excluding hydrogens is 430 g/mol. The van der Waals surface area contributed by atoms with Crippen molar-refractivity contribution in [2.45, 2.75) is 50.9 Å². The van der Waals surface area contributed by atoms with Gasteiger partial charge in [-0.1, -0.05) is 18.2 Å². The van der Waals surface area contributed by atoms with Gasteiger partial charge in [0.25, 0.3) is 0 Å². The standard InChI is InChI=1S/C21H23BrF2N2O2/c22-17-5-2-1-3-8-20(17)26-21(27)25-14-9-11-15(12-10-14)28-13-16-18(23)6-4-7-19(16)24/h2-8,14-15H,1,9-13H2,(H2,25,26,27). The highest BCUT2D eigenvalue weighted by molar-refractivity contribution is 9.11. The zero-order valence-corrected chi connectivity index (χ0v) is 17.0. The van der Waals surface area contributed by atoms with E-state index in [-0.39, 0.29) is 30.3 Å². The number of amides is 2. The van der Waals surface area contributed by atoms with Gasteiger partial charge in [0.1, 0.15) is 11.6 Å². The summed E-state index contributed by atoms with van der Waals surface area (Å²) < 4.78 is 33.9. The molecule has 0 aromatic heterocycles. The lowest BCUT2D eigenvalue weighted by Crippen LogP contribution is -2.44. The molecule has 0 aliphatic heterocycles. The summed E-state index contributed by atoms with van der Waals surface area (Å²) in [6.45, 7) is -0.0796. The molecule has 3 rings (SSSR count). The number of urea groups is 1. The molecule has 0 saturated heterocycles. The molecule has 150 valence electrons. The maximum atomic E-state index is 13.7. The van der Waals surface area contributed by atoms with Crippen molar-refractivity contribution in [3.8, 4) is 0 Å². The topological polar surface area (TPSA) is 50.4 Å². The van der Waals surface area contributed by atoms with Crippen molar-refractivity contribution in [2.75, 3.05) is 0 Å². The van der Waals surface area contributed by atoms with Crippen molar-refractivity contribution >= 4 is 22.0 Å². The van der Waals surface area contributed by atoms with E-state index in [1.54, 1.807) is 0 Å². The number of hydrogen-bond donors (Lipinski definition) is 2. The molecule has 1 saturated carbocycles. The maximum absolute atomic E-state index is 13.7. The molecule has 0 heterocycles. The minimum Gasteiger partial charge on any atom is -0.373 e. The maximum Gasteiger partial charge on any atom is 0.319 e. The molecule has 0 radical (unpaired) electrons. The van der Waals surface area contributed by atoms with E-state index in [0.717, 1.165) is 42.3 Å². The molecule has 0 bridgehead atoms.